The van der Waals surface area contributed by atoms with E-state index in [1.165, 1.54) is 25.2 Å². The first kappa shape index (κ1) is 19.6. The molecule has 0 aliphatic rings. The lowest BCUT2D eigenvalue weighted by atomic mass is 9.96. The van der Waals surface area contributed by atoms with Crippen molar-refractivity contribution in [2.45, 2.75) is 24.1 Å². The number of rotatable bonds is 7. The maximum atomic E-state index is 13.1. The molecule has 1 aromatic heterocycles. The summed E-state index contributed by atoms with van der Waals surface area (Å²) >= 11 is 1.11. The molecule has 1 atom stereocenters. The lowest BCUT2D eigenvalue weighted by Crippen LogP contribution is -2.40. The van der Waals surface area contributed by atoms with Gasteiger partial charge < -0.3 is 5.32 Å². The summed E-state index contributed by atoms with van der Waals surface area (Å²) in [6.07, 6.45) is 0. The van der Waals surface area contributed by atoms with Crippen molar-refractivity contribution in [2.24, 2.45) is 5.92 Å². The zero-order valence-electron chi connectivity index (χ0n) is 14.3. The van der Waals surface area contributed by atoms with Crippen LogP contribution in [0.5, 0.6) is 0 Å². The van der Waals surface area contributed by atoms with E-state index in [9.17, 15) is 17.6 Å². The number of carbonyl (C=O) groups excluding carboxylic acids is 1. The number of nitrogens with one attached hydrogen (secondary N) is 1. The number of likely N-dealkylation sites (N-methyl/N-ethyl adjacent to an activating group) is 1. The van der Waals surface area contributed by atoms with Crippen molar-refractivity contribution in [1.29, 1.82) is 0 Å². The third-order valence-corrected chi connectivity index (χ3v) is 6.91. The molecule has 2 aromatic rings. The number of nitrogens with zero attached hydrogens (tertiary/aromatic N) is 1. The number of benzene rings is 1. The van der Waals surface area contributed by atoms with Gasteiger partial charge in [0.2, 0.25) is 5.91 Å². The van der Waals surface area contributed by atoms with Gasteiger partial charge >= 0.3 is 0 Å². The summed E-state index contributed by atoms with van der Waals surface area (Å²) in [7, 11) is -2.30. The Kier molecular flexibility index (Phi) is 6.31. The molecule has 0 saturated carbocycles. The number of sulfonamides is 1. The van der Waals surface area contributed by atoms with Crippen molar-refractivity contribution >= 4 is 27.3 Å². The lowest BCUT2D eigenvalue weighted by molar-refractivity contribution is -0.122. The fourth-order valence-corrected chi connectivity index (χ4v) is 4.70. The van der Waals surface area contributed by atoms with Gasteiger partial charge in [0.25, 0.3) is 10.0 Å². The van der Waals surface area contributed by atoms with Gasteiger partial charge in [-0.1, -0.05) is 32.0 Å². The van der Waals surface area contributed by atoms with Gasteiger partial charge in [-0.2, -0.15) is 4.31 Å². The summed E-state index contributed by atoms with van der Waals surface area (Å²) in [5.74, 6) is -0.696. The molecule has 1 unspecified atom stereocenters. The van der Waals surface area contributed by atoms with Gasteiger partial charge in [-0.15, -0.1) is 11.3 Å². The normalized spacial score (nSPS) is 13.2. The average molecular weight is 384 g/mol. The summed E-state index contributed by atoms with van der Waals surface area (Å²) in [6, 6.07) is 8.73. The van der Waals surface area contributed by atoms with Crippen molar-refractivity contribution in [3.05, 3.63) is 53.2 Å². The minimum absolute atomic E-state index is 0.0635. The number of hydrogen-bond donors (Lipinski definition) is 1. The highest BCUT2D eigenvalue weighted by molar-refractivity contribution is 7.91. The van der Waals surface area contributed by atoms with Gasteiger partial charge in [-0.25, -0.2) is 12.8 Å². The SMILES string of the molecule is CC(C)C(NC(=O)CN(C)S(=O)(=O)c1cccs1)c1ccc(F)cc1. The highest BCUT2D eigenvalue weighted by Gasteiger charge is 2.25. The van der Waals surface area contributed by atoms with Crippen LogP contribution in [0.2, 0.25) is 0 Å². The van der Waals surface area contributed by atoms with Gasteiger partial charge in [0, 0.05) is 7.05 Å². The van der Waals surface area contributed by atoms with Crippen molar-refractivity contribution < 1.29 is 17.6 Å². The monoisotopic (exact) mass is 384 g/mol. The van der Waals surface area contributed by atoms with Gasteiger partial charge in [0.05, 0.1) is 12.6 Å². The van der Waals surface area contributed by atoms with Crippen molar-refractivity contribution in [3.8, 4) is 0 Å². The Hall–Kier alpha value is -1.77. The highest BCUT2D eigenvalue weighted by atomic mass is 32.2. The number of thiophene rings is 1. The Morgan fingerprint density at radius 2 is 1.88 bits per heavy atom. The van der Waals surface area contributed by atoms with Gasteiger partial charge in [0.15, 0.2) is 0 Å². The van der Waals surface area contributed by atoms with Gasteiger partial charge in [-0.05, 0) is 35.1 Å². The van der Waals surface area contributed by atoms with Gasteiger partial charge in [0.1, 0.15) is 10.0 Å². The predicted molar refractivity (Wildman–Crippen MR) is 96.3 cm³/mol. The third-order valence-electron chi connectivity index (χ3n) is 3.74. The third kappa shape index (κ3) is 4.87. The van der Waals surface area contributed by atoms with Crippen LogP contribution in [-0.4, -0.2) is 32.2 Å². The predicted octanol–water partition coefficient (Wildman–Crippen LogP) is 3.02. The minimum Gasteiger partial charge on any atom is -0.348 e. The number of halogens is 1. The molecule has 0 saturated heterocycles. The molecule has 0 spiro atoms. The first-order valence-corrected chi connectivity index (χ1v) is 10.1. The van der Waals surface area contributed by atoms with Crippen molar-refractivity contribution in [2.75, 3.05) is 13.6 Å². The molecular weight excluding hydrogens is 363 g/mol. The second-order valence-corrected chi connectivity index (χ2v) is 9.25. The average Bonchev–Trinajstić information content (AvgIpc) is 3.08. The summed E-state index contributed by atoms with van der Waals surface area (Å²) in [5.41, 5.74) is 0.772. The summed E-state index contributed by atoms with van der Waals surface area (Å²) < 4.78 is 39.1. The van der Waals surface area contributed by atoms with E-state index >= 15 is 0 Å². The van der Waals surface area contributed by atoms with Crippen LogP contribution in [0.3, 0.4) is 0 Å². The topological polar surface area (TPSA) is 66.5 Å². The molecule has 0 aliphatic carbocycles. The molecule has 25 heavy (non-hydrogen) atoms. The highest BCUT2D eigenvalue weighted by Crippen LogP contribution is 2.23. The number of hydrogen-bond acceptors (Lipinski definition) is 4. The maximum absolute atomic E-state index is 13.1. The Balaban J connectivity index is 2.08. The second-order valence-electron chi connectivity index (χ2n) is 6.03. The second kappa shape index (κ2) is 8.07. The molecule has 1 amide bonds. The van der Waals surface area contributed by atoms with E-state index in [0.717, 1.165) is 21.2 Å². The van der Waals surface area contributed by atoms with E-state index < -0.39 is 15.9 Å². The Labute approximate surface area is 151 Å². The van der Waals surface area contributed by atoms with E-state index in [1.54, 1.807) is 23.6 Å². The van der Waals surface area contributed by atoms with Crippen LogP contribution in [-0.2, 0) is 14.8 Å². The van der Waals surface area contributed by atoms with Crippen molar-refractivity contribution in [1.82, 2.24) is 9.62 Å². The molecule has 1 N–H and O–H groups in total. The molecular formula is C17H21FN2O3S2. The lowest BCUT2D eigenvalue weighted by Gasteiger charge is -2.24. The first-order chi connectivity index (χ1) is 11.7. The molecule has 1 heterocycles. The van der Waals surface area contributed by atoms with Crippen LogP contribution in [0.15, 0.2) is 46.0 Å². The van der Waals surface area contributed by atoms with Crippen LogP contribution in [0.4, 0.5) is 4.39 Å². The quantitative estimate of drug-likeness (QED) is 0.798. The molecule has 0 aliphatic heterocycles. The van der Waals surface area contributed by atoms with Crippen LogP contribution in [0.1, 0.15) is 25.5 Å². The van der Waals surface area contributed by atoms with Crippen LogP contribution >= 0.6 is 11.3 Å². The van der Waals surface area contributed by atoms with E-state index in [-0.39, 0.29) is 28.5 Å². The van der Waals surface area contributed by atoms with Crippen LogP contribution in [0.25, 0.3) is 0 Å². The molecule has 1 aromatic carbocycles. The zero-order valence-corrected chi connectivity index (χ0v) is 15.9. The van der Waals surface area contributed by atoms with Crippen LogP contribution < -0.4 is 5.32 Å². The summed E-state index contributed by atoms with van der Waals surface area (Å²) in [6.45, 7) is 3.57. The molecule has 0 fully saturated rings. The molecule has 136 valence electrons. The fraction of sp³-hybridized carbons (Fsp3) is 0.353. The first-order valence-electron chi connectivity index (χ1n) is 7.76. The van der Waals surface area contributed by atoms with Crippen LogP contribution in [0, 0.1) is 11.7 Å². The van der Waals surface area contributed by atoms with E-state index in [1.807, 2.05) is 13.8 Å². The van der Waals surface area contributed by atoms with E-state index in [2.05, 4.69) is 5.32 Å². The minimum atomic E-state index is -3.68. The molecule has 8 heteroatoms. The van der Waals surface area contributed by atoms with Crippen molar-refractivity contribution in [3.63, 3.8) is 0 Å². The van der Waals surface area contributed by atoms with E-state index in [0.29, 0.717) is 0 Å². The van der Waals surface area contributed by atoms with Gasteiger partial charge in [-0.3, -0.25) is 4.79 Å². The largest absolute Gasteiger partial charge is 0.348 e. The molecule has 2 rings (SSSR count). The maximum Gasteiger partial charge on any atom is 0.252 e. The Morgan fingerprint density at radius 3 is 2.40 bits per heavy atom. The Bertz CT molecular complexity index is 803. The zero-order chi connectivity index (χ0) is 18.6. The van der Waals surface area contributed by atoms with E-state index in [4.69, 9.17) is 0 Å². The molecule has 5 nitrogen and oxygen atoms in total. The molecule has 0 bridgehead atoms. The standard InChI is InChI=1S/C17H21FN2O3S2/c1-12(2)17(13-6-8-14(18)9-7-13)19-15(21)11-20(3)25(22,23)16-5-4-10-24-16/h4-10,12,17H,11H2,1-3H3,(H,19,21). The number of carbonyl (C=O) groups is 1. The smallest absolute Gasteiger partial charge is 0.252 e. The fourth-order valence-electron chi connectivity index (χ4n) is 2.38. The molecule has 0 radical (unpaired) electrons. The Morgan fingerprint density at radius 1 is 1.24 bits per heavy atom. The summed E-state index contributed by atoms with van der Waals surface area (Å²) in [5, 5.41) is 4.51. The number of amides is 1. The summed E-state index contributed by atoms with van der Waals surface area (Å²) in [4.78, 5) is 12.3.